The van der Waals surface area contributed by atoms with E-state index in [1.807, 2.05) is 30.7 Å². The van der Waals surface area contributed by atoms with E-state index in [1.165, 1.54) is 18.1 Å². The van der Waals surface area contributed by atoms with Crippen molar-refractivity contribution in [1.29, 1.82) is 0 Å². The Morgan fingerprint density at radius 3 is 2.74 bits per heavy atom. The first kappa shape index (κ1) is 17.5. The van der Waals surface area contributed by atoms with Crippen molar-refractivity contribution in [3.63, 3.8) is 0 Å². The van der Waals surface area contributed by atoms with E-state index in [2.05, 4.69) is 50.4 Å². The van der Waals surface area contributed by atoms with E-state index in [9.17, 15) is 0 Å². The molecule has 0 atom stereocenters. The third-order valence-corrected chi connectivity index (χ3v) is 4.82. The molecule has 1 N–H and O–H groups in total. The number of aromatic nitrogens is 7. The molecule has 3 aromatic heterocycles. The molecule has 4 rings (SSSR count). The first-order valence-corrected chi connectivity index (χ1v) is 9.86. The van der Waals surface area contributed by atoms with Crippen molar-refractivity contribution in [2.45, 2.75) is 31.5 Å². The van der Waals surface area contributed by atoms with Gasteiger partial charge in [-0.05, 0) is 23.8 Å². The summed E-state index contributed by atoms with van der Waals surface area (Å²) in [5.41, 5.74) is 4.01. The first-order chi connectivity index (χ1) is 13.2. The first-order valence-electron chi connectivity index (χ1n) is 8.64. The van der Waals surface area contributed by atoms with Crippen LogP contribution in [-0.4, -0.2) is 40.6 Å². The van der Waals surface area contributed by atoms with Crippen LogP contribution in [0, 0.1) is 0 Å². The van der Waals surface area contributed by atoms with Gasteiger partial charge >= 0.3 is 0 Å². The van der Waals surface area contributed by atoms with Gasteiger partial charge in [0, 0.05) is 12.1 Å². The number of nitrogens with one attached hydrogen (secondary N) is 1. The van der Waals surface area contributed by atoms with Crippen LogP contribution in [0.15, 0.2) is 48.3 Å². The van der Waals surface area contributed by atoms with Gasteiger partial charge in [-0.15, -0.1) is 0 Å². The van der Waals surface area contributed by atoms with Crippen LogP contribution in [0.4, 0.5) is 5.95 Å². The summed E-state index contributed by atoms with van der Waals surface area (Å²) in [6.07, 6.45) is 7.06. The van der Waals surface area contributed by atoms with Gasteiger partial charge in [0.1, 0.15) is 12.7 Å². The van der Waals surface area contributed by atoms with E-state index in [1.54, 1.807) is 15.5 Å². The number of para-hydroxylation sites is 1. The van der Waals surface area contributed by atoms with Crippen LogP contribution >= 0.6 is 11.8 Å². The monoisotopic (exact) mass is 380 g/mol. The molecule has 0 aliphatic carbocycles. The summed E-state index contributed by atoms with van der Waals surface area (Å²) in [6, 6.07) is 8.06. The average Bonchev–Trinajstić information content (AvgIpc) is 3.36. The Morgan fingerprint density at radius 2 is 2.00 bits per heavy atom. The Hall–Kier alpha value is -2.94. The lowest BCUT2D eigenvalue weighted by atomic mass is 10.1. The Balaban J connectivity index is 1.69. The van der Waals surface area contributed by atoms with Crippen molar-refractivity contribution in [1.82, 2.24) is 34.3 Å². The number of fused-ring (bicyclic) bond motifs is 1. The maximum absolute atomic E-state index is 4.64. The van der Waals surface area contributed by atoms with Gasteiger partial charge in [-0.2, -0.15) is 19.7 Å². The number of anilines is 1. The van der Waals surface area contributed by atoms with E-state index in [0.29, 0.717) is 18.4 Å². The maximum Gasteiger partial charge on any atom is 0.228 e. The number of hydrogen-bond donors (Lipinski definition) is 1. The summed E-state index contributed by atoms with van der Waals surface area (Å²) in [5, 5.41) is 12.9. The molecule has 4 aromatic rings. The smallest absolute Gasteiger partial charge is 0.228 e. The van der Waals surface area contributed by atoms with Crippen molar-refractivity contribution in [3.8, 4) is 5.69 Å². The fourth-order valence-electron chi connectivity index (χ4n) is 2.88. The molecule has 0 saturated carbocycles. The van der Waals surface area contributed by atoms with Crippen LogP contribution in [0.1, 0.15) is 30.9 Å². The number of nitrogens with zero attached hydrogens (tertiary/aromatic N) is 7. The minimum absolute atomic E-state index is 0.341. The van der Waals surface area contributed by atoms with E-state index in [-0.39, 0.29) is 0 Å². The van der Waals surface area contributed by atoms with E-state index in [0.717, 1.165) is 27.6 Å². The van der Waals surface area contributed by atoms with Gasteiger partial charge in [-0.1, -0.05) is 43.8 Å². The molecule has 138 valence electrons. The van der Waals surface area contributed by atoms with Crippen molar-refractivity contribution in [2.75, 3.05) is 11.6 Å². The van der Waals surface area contributed by atoms with Gasteiger partial charge in [0.05, 0.1) is 11.9 Å². The molecule has 0 amide bonds. The lowest BCUT2D eigenvalue weighted by Gasteiger charge is -2.12. The summed E-state index contributed by atoms with van der Waals surface area (Å²) in [6.45, 7) is 4.85. The van der Waals surface area contributed by atoms with Crippen molar-refractivity contribution in [3.05, 3.63) is 54.2 Å². The molecule has 3 heterocycles. The normalized spacial score (nSPS) is 11.4. The topological polar surface area (TPSA) is 85.8 Å². The highest BCUT2D eigenvalue weighted by Gasteiger charge is 2.15. The summed E-state index contributed by atoms with van der Waals surface area (Å²) in [7, 11) is 0. The van der Waals surface area contributed by atoms with Crippen LogP contribution in [0.2, 0.25) is 0 Å². The quantitative estimate of drug-likeness (QED) is 0.514. The standard InChI is InChI=1S/C18H20N8S/c1-12(2)14-9-21-26-16(14)23-18(27-3)24-17(26)20-8-13-6-4-5-7-15(13)25-11-19-10-22-25/h4-7,9-12H,8H2,1-3H3,(H,20,23,24). The summed E-state index contributed by atoms with van der Waals surface area (Å²) >= 11 is 1.52. The van der Waals surface area contributed by atoms with Crippen LogP contribution in [0.25, 0.3) is 11.3 Å². The molecular weight excluding hydrogens is 360 g/mol. The molecule has 0 radical (unpaired) electrons. The third kappa shape index (κ3) is 3.37. The molecule has 1 aromatic carbocycles. The zero-order valence-corrected chi connectivity index (χ0v) is 16.2. The second-order valence-corrected chi connectivity index (χ2v) is 7.12. The van der Waals surface area contributed by atoms with E-state index in [4.69, 9.17) is 0 Å². The highest BCUT2D eigenvalue weighted by Crippen LogP contribution is 2.23. The molecule has 0 fully saturated rings. The average molecular weight is 380 g/mol. The molecular formula is C18H20N8S. The van der Waals surface area contributed by atoms with Crippen LogP contribution in [-0.2, 0) is 6.54 Å². The van der Waals surface area contributed by atoms with Crippen LogP contribution in [0.3, 0.4) is 0 Å². The second-order valence-electron chi connectivity index (χ2n) is 6.35. The van der Waals surface area contributed by atoms with Gasteiger partial charge in [-0.3, -0.25) is 0 Å². The molecule has 0 aliphatic rings. The summed E-state index contributed by atoms with van der Waals surface area (Å²) in [4.78, 5) is 13.3. The van der Waals surface area contributed by atoms with Crippen LogP contribution < -0.4 is 5.32 Å². The molecule has 0 spiro atoms. The molecule has 0 saturated heterocycles. The minimum Gasteiger partial charge on any atom is -0.350 e. The highest BCUT2D eigenvalue weighted by atomic mass is 32.2. The van der Waals surface area contributed by atoms with Crippen LogP contribution in [0.5, 0.6) is 0 Å². The maximum atomic E-state index is 4.64. The SMILES string of the molecule is CSc1nc(NCc2ccccc2-n2cncn2)n2ncc(C(C)C)c2n1. The molecule has 9 heteroatoms. The van der Waals surface area contributed by atoms with E-state index >= 15 is 0 Å². The van der Waals surface area contributed by atoms with Crippen molar-refractivity contribution >= 4 is 23.4 Å². The minimum atomic E-state index is 0.341. The Bertz CT molecular complexity index is 1050. The third-order valence-electron chi connectivity index (χ3n) is 4.27. The van der Waals surface area contributed by atoms with Gasteiger partial charge in [-0.25, -0.2) is 14.6 Å². The van der Waals surface area contributed by atoms with Gasteiger partial charge in [0.15, 0.2) is 10.8 Å². The predicted molar refractivity (Wildman–Crippen MR) is 105 cm³/mol. The molecule has 0 bridgehead atoms. The molecule has 0 unspecified atom stereocenters. The molecule has 0 aliphatic heterocycles. The number of rotatable bonds is 6. The zero-order valence-electron chi connectivity index (χ0n) is 15.4. The van der Waals surface area contributed by atoms with Gasteiger partial charge in [0.2, 0.25) is 5.95 Å². The Kier molecular flexibility index (Phi) is 4.76. The second kappa shape index (κ2) is 7.36. The molecule has 8 nitrogen and oxygen atoms in total. The van der Waals surface area contributed by atoms with Crippen molar-refractivity contribution < 1.29 is 0 Å². The fraction of sp³-hybridized carbons (Fsp3) is 0.278. The number of benzene rings is 1. The zero-order chi connectivity index (χ0) is 18.8. The van der Waals surface area contributed by atoms with E-state index < -0.39 is 0 Å². The Morgan fingerprint density at radius 1 is 1.15 bits per heavy atom. The number of hydrogen-bond acceptors (Lipinski definition) is 7. The summed E-state index contributed by atoms with van der Waals surface area (Å²) < 4.78 is 3.53. The fourth-order valence-corrected chi connectivity index (χ4v) is 3.23. The predicted octanol–water partition coefficient (Wildman–Crippen LogP) is 3.16. The van der Waals surface area contributed by atoms with Crippen molar-refractivity contribution in [2.24, 2.45) is 0 Å². The highest BCUT2D eigenvalue weighted by molar-refractivity contribution is 7.98. The molecule has 27 heavy (non-hydrogen) atoms. The lowest BCUT2D eigenvalue weighted by molar-refractivity contribution is 0.818. The van der Waals surface area contributed by atoms with Gasteiger partial charge in [0.25, 0.3) is 0 Å². The lowest BCUT2D eigenvalue weighted by Crippen LogP contribution is -2.11. The summed E-state index contributed by atoms with van der Waals surface area (Å²) in [5.74, 6) is 1.01. The Labute approximate surface area is 161 Å². The van der Waals surface area contributed by atoms with Gasteiger partial charge < -0.3 is 5.32 Å². The number of thioether (sulfide) groups is 1. The largest absolute Gasteiger partial charge is 0.350 e.